The number of carbonyl (C=O) groups is 1. The maximum atomic E-state index is 11.8. The van der Waals surface area contributed by atoms with Gasteiger partial charge < -0.3 is 15.8 Å². The lowest BCUT2D eigenvalue weighted by molar-refractivity contribution is 0.0602. The van der Waals surface area contributed by atoms with Crippen molar-refractivity contribution < 1.29 is 9.53 Å². The third-order valence-electron chi connectivity index (χ3n) is 3.26. The number of nitrogens with zero attached hydrogens (tertiary/aromatic N) is 1. The predicted molar refractivity (Wildman–Crippen MR) is 83.1 cm³/mol. The van der Waals surface area contributed by atoms with Gasteiger partial charge >= 0.3 is 5.97 Å². The molecule has 0 amide bonds. The molecule has 0 fully saturated rings. The first-order valence-electron chi connectivity index (χ1n) is 6.80. The number of aromatic nitrogens is 1. The van der Waals surface area contributed by atoms with Crippen LogP contribution < -0.4 is 11.1 Å². The minimum atomic E-state index is -0.415. The Morgan fingerprint density at radius 2 is 2.19 bits per heavy atom. The van der Waals surface area contributed by atoms with Gasteiger partial charge in [-0.2, -0.15) is 0 Å². The first kappa shape index (κ1) is 14.8. The average molecular weight is 285 g/mol. The molecule has 5 heteroatoms. The van der Waals surface area contributed by atoms with E-state index in [4.69, 9.17) is 10.5 Å². The van der Waals surface area contributed by atoms with Crippen LogP contribution in [0, 0.1) is 0 Å². The lowest BCUT2D eigenvalue weighted by Gasteiger charge is -2.12. The van der Waals surface area contributed by atoms with E-state index in [1.807, 2.05) is 12.1 Å². The van der Waals surface area contributed by atoms with E-state index in [2.05, 4.69) is 17.2 Å². The summed E-state index contributed by atoms with van der Waals surface area (Å²) < 4.78 is 4.78. The van der Waals surface area contributed by atoms with Crippen molar-refractivity contribution in [3.8, 4) is 0 Å². The highest BCUT2D eigenvalue weighted by molar-refractivity contribution is 5.96. The number of hydrogen-bond donors (Lipinski definition) is 2. The van der Waals surface area contributed by atoms with Crippen molar-refractivity contribution in [2.45, 2.75) is 19.9 Å². The summed E-state index contributed by atoms with van der Waals surface area (Å²) in [4.78, 5) is 16.2. The molecule has 0 radical (unpaired) electrons. The summed E-state index contributed by atoms with van der Waals surface area (Å²) in [7, 11) is 1.35. The number of benzene rings is 1. The molecule has 3 N–H and O–H groups in total. The fourth-order valence-corrected chi connectivity index (χ4v) is 2.13. The van der Waals surface area contributed by atoms with E-state index in [-0.39, 0.29) is 0 Å². The Balaban J connectivity index is 2.22. The molecule has 110 valence electrons. The Bertz CT molecular complexity index is 641. The standard InChI is InChI=1S/C16H19N3O2/c1-3-11-5-4-8-18-15(11)10-19-14-7-6-12(17)9-13(14)16(20)21-2/h4-9,19H,3,10,17H2,1-2H3. The SMILES string of the molecule is CCc1cccnc1CNc1ccc(N)cc1C(=O)OC. The van der Waals surface area contributed by atoms with Crippen LogP contribution in [0.15, 0.2) is 36.5 Å². The van der Waals surface area contributed by atoms with E-state index in [1.54, 1.807) is 24.4 Å². The number of anilines is 2. The number of nitrogens with two attached hydrogens (primary N) is 1. The number of rotatable bonds is 5. The summed E-state index contributed by atoms with van der Waals surface area (Å²) in [5.74, 6) is -0.415. The molecule has 0 atom stereocenters. The van der Waals surface area contributed by atoms with Gasteiger partial charge in [0.2, 0.25) is 0 Å². The maximum Gasteiger partial charge on any atom is 0.340 e. The van der Waals surface area contributed by atoms with Crippen LogP contribution in [0.2, 0.25) is 0 Å². The molecule has 0 bridgehead atoms. The highest BCUT2D eigenvalue weighted by Gasteiger charge is 2.12. The van der Waals surface area contributed by atoms with Gasteiger partial charge in [-0.15, -0.1) is 0 Å². The smallest absolute Gasteiger partial charge is 0.340 e. The number of nitrogen functional groups attached to an aromatic ring is 1. The Hall–Kier alpha value is -2.56. The van der Waals surface area contributed by atoms with Crippen molar-refractivity contribution in [1.29, 1.82) is 0 Å². The van der Waals surface area contributed by atoms with Crippen molar-refractivity contribution in [2.24, 2.45) is 0 Å². The van der Waals surface area contributed by atoms with Crippen molar-refractivity contribution in [3.63, 3.8) is 0 Å². The molecule has 1 heterocycles. The molecule has 0 saturated carbocycles. The molecule has 1 aromatic heterocycles. The first-order chi connectivity index (χ1) is 10.2. The van der Waals surface area contributed by atoms with Crippen LogP contribution >= 0.6 is 0 Å². The molecular weight excluding hydrogens is 266 g/mol. The molecule has 0 aliphatic carbocycles. The molecule has 0 aliphatic rings. The third kappa shape index (κ3) is 3.51. The number of carbonyl (C=O) groups excluding carboxylic acids is 1. The van der Waals surface area contributed by atoms with Crippen molar-refractivity contribution in [1.82, 2.24) is 4.98 Å². The monoisotopic (exact) mass is 285 g/mol. The maximum absolute atomic E-state index is 11.8. The quantitative estimate of drug-likeness (QED) is 0.652. The summed E-state index contributed by atoms with van der Waals surface area (Å²) in [5, 5.41) is 3.23. The van der Waals surface area contributed by atoms with Gasteiger partial charge in [-0.1, -0.05) is 13.0 Å². The number of esters is 1. The summed E-state index contributed by atoms with van der Waals surface area (Å²) in [6.07, 6.45) is 2.68. The van der Waals surface area contributed by atoms with Gasteiger partial charge in [-0.3, -0.25) is 4.98 Å². The summed E-state index contributed by atoms with van der Waals surface area (Å²) in [5.41, 5.74) is 9.50. The van der Waals surface area contributed by atoms with E-state index in [0.717, 1.165) is 12.1 Å². The van der Waals surface area contributed by atoms with Crippen LogP contribution in [-0.2, 0) is 17.7 Å². The Morgan fingerprint density at radius 3 is 2.90 bits per heavy atom. The number of ether oxygens (including phenoxy) is 1. The van der Waals surface area contributed by atoms with Crippen LogP contribution in [0.1, 0.15) is 28.5 Å². The Labute approximate surface area is 124 Å². The molecule has 0 spiro atoms. The molecule has 1 aromatic carbocycles. The van der Waals surface area contributed by atoms with E-state index < -0.39 is 5.97 Å². The molecule has 2 rings (SSSR count). The van der Waals surface area contributed by atoms with E-state index in [9.17, 15) is 4.79 Å². The first-order valence-corrected chi connectivity index (χ1v) is 6.80. The molecule has 0 aliphatic heterocycles. The normalized spacial score (nSPS) is 10.2. The van der Waals surface area contributed by atoms with Crippen molar-refractivity contribution >= 4 is 17.3 Å². The highest BCUT2D eigenvalue weighted by Crippen LogP contribution is 2.21. The van der Waals surface area contributed by atoms with Crippen LogP contribution in [-0.4, -0.2) is 18.1 Å². The second kappa shape index (κ2) is 6.74. The summed E-state index contributed by atoms with van der Waals surface area (Å²) >= 11 is 0. The number of hydrogen-bond acceptors (Lipinski definition) is 5. The van der Waals surface area contributed by atoms with Gasteiger partial charge in [-0.25, -0.2) is 4.79 Å². The van der Waals surface area contributed by atoms with E-state index in [0.29, 0.717) is 23.5 Å². The molecule has 21 heavy (non-hydrogen) atoms. The fourth-order valence-electron chi connectivity index (χ4n) is 2.13. The van der Waals surface area contributed by atoms with E-state index in [1.165, 1.54) is 12.7 Å². The molecule has 0 unspecified atom stereocenters. The zero-order valence-corrected chi connectivity index (χ0v) is 12.2. The topological polar surface area (TPSA) is 77.2 Å². The average Bonchev–Trinajstić information content (AvgIpc) is 2.53. The fraction of sp³-hybridized carbons (Fsp3) is 0.250. The van der Waals surface area contributed by atoms with Gasteiger partial charge in [-0.05, 0) is 36.2 Å². The second-order valence-corrected chi connectivity index (χ2v) is 4.61. The van der Waals surface area contributed by atoms with Gasteiger partial charge in [0, 0.05) is 17.6 Å². The number of aryl methyl sites for hydroxylation is 1. The molecular formula is C16H19N3O2. The van der Waals surface area contributed by atoms with Gasteiger partial charge in [0.25, 0.3) is 0 Å². The zero-order chi connectivity index (χ0) is 15.2. The molecule has 0 saturated heterocycles. The Kier molecular flexibility index (Phi) is 4.77. The van der Waals surface area contributed by atoms with Crippen LogP contribution in [0.3, 0.4) is 0 Å². The number of methoxy groups -OCH3 is 1. The lowest BCUT2D eigenvalue weighted by atomic mass is 10.1. The minimum absolute atomic E-state index is 0.415. The molecule has 2 aromatic rings. The summed E-state index contributed by atoms with van der Waals surface area (Å²) in [6, 6.07) is 9.09. The number of pyridine rings is 1. The Morgan fingerprint density at radius 1 is 1.38 bits per heavy atom. The second-order valence-electron chi connectivity index (χ2n) is 4.61. The van der Waals surface area contributed by atoms with Crippen molar-refractivity contribution in [2.75, 3.05) is 18.2 Å². The van der Waals surface area contributed by atoms with Gasteiger partial charge in [0.1, 0.15) is 0 Å². The zero-order valence-electron chi connectivity index (χ0n) is 12.2. The van der Waals surface area contributed by atoms with Crippen LogP contribution in [0.5, 0.6) is 0 Å². The lowest BCUT2D eigenvalue weighted by Crippen LogP contribution is -2.10. The molecule has 5 nitrogen and oxygen atoms in total. The van der Waals surface area contributed by atoms with Crippen LogP contribution in [0.4, 0.5) is 11.4 Å². The summed E-state index contributed by atoms with van der Waals surface area (Å²) in [6.45, 7) is 2.63. The van der Waals surface area contributed by atoms with Crippen molar-refractivity contribution in [3.05, 3.63) is 53.3 Å². The van der Waals surface area contributed by atoms with Gasteiger partial charge in [0.15, 0.2) is 0 Å². The largest absolute Gasteiger partial charge is 0.465 e. The van der Waals surface area contributed by atoms with Crippen LogP contribution in [0.25, 0.3) is 0 Å². The van der Waals surface area contributed by atoms with E-state index >= 15 is 0 Å². The third-order valence-corrected chi connectivity index (χ3v) is 3.26. The highest BCUT2D eigenvalue weighted by atomic mass is 16.5. The minimum Gasteiger partial charge on any atom is -0.465 e. The van der Waals surface area contributed by atoms with Gasteiger partial charge in [0.05, 0.1) is 24.9 Å². The number of nitrogens with one attached hydrogen (secondary N) is 1. The predicted octanol–water partition coefficient (Wildman–Crippen LogP) is 2.62.